The van der Waals surface area contributed by atoms with E-state index in [1.807, 2.05) is 42.5 Å². The van der Waals surface area contributed by atoms with Gasteiger partial charge in [0.05, 0.1) is 18.3 Å². The highest BCUT2D eigenvalue weighted by Crippen LogP contribution is 2.26. The van der Waals surface area contributed by atoms with Gasteiger partial charge < -0.3 is 4.74 Å². The first-order valence-electron chi connectivity index (χ1n) is 5.83. The minimum Gasteiger partial charge on any atom is -0.497 e. The number of pyridine rings is 2. The molecule has 0 aliphatic heterocycles. The Morgan fingerprint density at radius 2 is 2.00 bits per heavy atom. The molecule has 94 valence electrons. The van der Waals surface area contributed by atoms with Crippen LogP contribution in [0.3, 0.4) is 0 Å². The van der Waals surface area contributed by atoms with Crippen LogP contribution in [0, 0.1) is 0 Å². The molecule has 3 aromatic rings. The van der Waals surface area contributed by atoms with Crippen molar-refractivity contribution in [3.8, 4) is 17.0 Å². The van der Waals surface area contributed by atoms with Crippen LogP contribution in [-0.4, -0.2) is 17.1 Å². The summed E-state index contributed by atoms with van der Waals surface area (Å²) in [6.45, 7) is 0. The van der Waals surface area contributed by atoms with Crippen LogP contribution in [0.4, 0.5) is 0 Å². The number of ether oxygens (including phenoxy) is 1. The lowest BCUT2D eigenvalue weighted by molar-refractivity contribution is 0.415. The Labute approximate surface area is 115 Å². The van der Waals surface area contributed by atoms with E-state index in [9.17, 15) is 0 Å². The number of aromatic nitrogens is 2. The van der Waals surface area contributed by atoms with Gasteiger partial charge in [-0.15, -0.1) is 0 Å². The van der Waals surface area contributed by atoms with Gasteiger partial charge in [-0.1, -0.05) is 23.7 Å². The number of halogens is 1. The predicted octanol–water partition coefficient (Wildman–Crippen LogP) is 3.96. The van der Waals surface area contributed by atoms with Gasteiger partial charge in [-0.3, -0.25) is 0 Å². The fourth-order valence-corrected chi connectivity index (χ4v) is 2.18. The van der Waals surface area contributed by atoms with E-state index in [4.69, 9.17) is 16.3 Å². The topological polar surface area (TPSA) is 35.0 Å². The summed E-state index contributed by atoms with van der Waals surface area (Å²) in [5.74, 6) is 0.812. The van der Waals surface area contributed by atoms with E-state index in [1.54, 1.807) is 13.3 Å². The molecule has 0 aliphatic rings. The highest BCUT2D eigenvalue weighted by Gasteiger charge is 2.05. The summed E-state index contributed by atoms with van der Waals surface area (Å²) >= 11 is 6.03. The molecule has 0 bridgehead atoms. The van der Waals surface area contributed by atoms with E-state index in [-0.39, 0.29) is 0 Å². The van der Waals surface area contributed by atoms with E-state index in [1.165, 1.54) is 0 Å². The van der Waals surface area contributed by atoms with E-state index < -0.39 is 0 Å². The fraction of sp³-hybridized carbons (Fsp3) is 0.0667. The molecule has 0 radical (unpaired) electrons. The number of fused-ring (bicyclic) bond motifs is 1. The molecule has 0 unspecified atom stereocenters. The predicted molar refractivity (Wildman–Crippen MR) is 76.5 cm³/mol. The van der Waals surface area contributed by atoms with Crippen LogP contribution in [0.5, 0.6) is 5.75 Å². The zero-order valence-electron chi connectivity index (χ0n) is 10.3. The third-order valence-electron chi connectivity index (χ3n) is 2.93. The first kappa shape index (κ1) is 11.9. The quantitative estimate of drug-likeness (QED) is 0.661. The number of hydrogen-bond donors (Lipinski definition) is 0. The summed E-state index contributed by atoms with van der Waals surface area (Å²) < 4.78 is 5.22. The van der Waals surface area contributed by atoms with Gasteiger partial charge in [0.1, 0.15) is 10.9 Å². The summed E-state index contributed by atoms with van der Waals surface area (Å²) in [5, 5.41) is 1.33. The molecule has 0 saturated heterocycles. The molecule has 0 spiro atoms. The van der Waals surface area contributed by atoms with Crippen molar-refractivity contribution in [2.24, 2.45) is 0 Å². The van der Waals surface area contributed by atoms with Crippen molar-refractivity contribution in [2.45, 2.75) is 0 Å². The van der Waals surface area contributed by atoms with Crippen molar-refractivity contribution in [3.05, 3.63) is 53.8 Å². The summed E-state index contributed by atoms with van der Waals surface area (Å²) in [4.78, 5) is 8.64. The SMILES string of the molecule is COc1cccc(-c2ccc3c(Cl)nccc3n2)c1. The van der Waals surface area contributed by atoms with Crippen LogP contribution < -0.4 is 4.74 Å². The van der Waals surface area contributed by atoms with Gasteiger partial charge >= 0.3 is 0 Å². The lowest BCUT2D eigenvalue weighted by Crippen LogP contribution is -1.88. The second-order valence-corrected chi connectivity index (χ2v) is 4.45. The largest absolute Gasteiger partial charge is 0.497 e. The van der Waals surface area contributed by atoms with Gasteiger partial charge in [0, 0.05) is 17.1 Å². The third kappa shape index (κ3) is 2.25. The van der Waals surface area contributed by atoms with Crippen molar-refractivity contribution < 1.29 is 4.74 Å². The molecule has 3 rings (SSSR count). The molecule has 0 fully saturated rings. The van der Waals surface area contributed by atoms with E-state index in [0.717, 1.165) is 27.9 Å². The van der Waals surface area contributed by atoms with Gasteiger partial charge in [-0.2, -0.15) is 0 Å². The molecule has 4 heteroatoms. The molecule has 0 atom stereocenters. The van der Waals surface area contributed by atoms with Gasteiger partial charge in [0.15, 0.2) is 0 Å². The number of benzene rings is 1. The Morgan fingerprint density at radius 1 is 1.11 bits per heavy atom. The molecular formula is C15H11ClN2O. The monoisotopic (exact) mass is 270 g/mol. The average Bonchev–Trinajstić information content (AvgIpc) is 2.47. The maximum Gasteiger partial charge on any atom is 0.138 e. The van der Waals surface area contributed by atoms with Crippen molar-refractivity contribution in [1.82, 2.24) is 9.97 Å². The number of nitrogens with zero attached hydrogens (tertiary/aromatic N) is 2. The molecule has 0 aliphatic carbocycles. The highest BCUT2D eigenvalue weighted by molar-refractivity contribution is 6.34. The summed E-state index contributed by atoms with van der Waals surface area (Å²) in [6.07, 6.45) is 1.66. The Balaban J connectivity index is 2.15. The van der Waals surface area contributed by atoms with Gasteiger partial charge in [0.2, 0.25) is 0 Å². The minimum atomic E-state index is 0.474. The van der Waals surface area contributed by atoms with Gasteiger partial charge in [-0.05, 0) is 30.3 Å². The summed E-state index contributed by atoms with van der Waals surface area (Å²) in [7, 11) is 1.65. The highest BCUT2D eigenvalue weighted by atomic mass is 35.5. The van der Waals surface area contributed by atoms with E-state index in [2.05, 4.69) is 9.97 Å². The number of rotatable bonds is 2. The molecule has 0 amide bonds. The van der Waals surface area contributed by atoms with Crippen molar-refractivity contribution in [3.63, 3.8) is 0 Å². The van der Waals surface area contributed by atoms with Gasteiger partial charge in [-0.25, -0.2) is 9.97 Å². The van der Waals surface area contributed by atoms with E-state index >= 15 is 0 Å². The summed E-state index contributed by atoms with van der Waals surface area (Å²) in [6, 6.07) is 13.5. The Hall–Kier alpha value is -2.13. The second kappa shape index (κ2) is 4.86. The molecule has 2 heterocycles. The number of methoxy groups -OCH3 is 1. The second-order valence-electron chi connectivity index (χ2n) is 4.10. The van der Waals surface area contributed by atoms with Crippen LogP contribution in [0.15, 0.2) is 48.7 Å². The summed E-state index contributed by atoms with van der Waals surface area (Å²) in [5.41, 5.74) is 2.73. The fourth-order valence-electron chi connectivity index (χ4n) is 1.96. The molecule has 0 saturated carbocycles. The van der Waals surface area contributed by atoms with Crippen molar-refractivity contribution in [2.75, 3.05) is 7.11 Å². The molecule has 1 aromatic carbocycles. The van der Waals surface area contributed by atoms with E-state index in [0.29, 0.717) is 5.15 Å². The van der Waals surface area contributed by atoms with Crippen LogP contribution in [0.2, 0.25) is 5.15 Å². The first-order valence-corrected chi connectivity index (χ1v) is 6.21. The number of hydrogen-bond acceptors (Lipinski definition) is 3. The lowest BCUT2D eigenvalue weighted by atomic mass is 10.1. The molecule has 0 N–H and O–H groups in total. The van der Waals surface area contributed by atoms with Crippen molar-refractivity contribution >= 4 is 22.5 Å². The first-order chi connectivity index (χ1) is 9.28. The Kier molecular flexibility index (Phi) is 3.05. The van der Waals surface area contributed by atoms with Crippen LogP contribution in [0.25, 0.3) is 22.2 Å². The zero-order valence-corrected chi connectivity index (χ0v) is 11.1. The smallest absolute Gasteiger partial charge is 0.138 e. The Morgan fingerprint density at radius 3 is 2.84 bits per heavy atom. The zero-order chi connectivity index (χ0) is 13.2. The van der Waals surface area contributed by atoms with Gasteiger partial charge in [0.25, 0.3) is 0 Å². The Bertz CT molecular complexity index is 743. The van der Waals surface area contributed by atoms with Crippen LogP contribution in [-0.2, 0) is 0 Å². The third-order valence-corrected chi connectivity index (χ3v) is 3.23. The molecule has 3 nitrogen and oxygen atoms in total. The molecular weight excluding hydrogens is 260 g/mol. The van der Waals surface area contributed by atoms with Crippen LogP contribution >= 0.6 is 11.6 Å². The maximum absolute atomic E-state index is 6.03. The average molecular weight is 271 g/mol. The normalized spacial score (nSPS) is 10.6. The minimum absolute atomic E-state index is 0.474. The van der Waals surface area contributed by atoms with Crippen LogP contribution in [0.1, 0.15) is 0 Å². The standard InChI is InChI=1S/C15H11ClN2O/c1-19-11-4-2-3-10(9-11)13-6-5-12-14(18-13)7-8-17-15(12)16/h2-9H,1H3. The lowest BCUT2D eigenvalue weighted by Gasteiger charge is -2.06. The molecule has 19 heavy (non-hydrogen) atoms. The molecule has 2 aromatic heterocycles. The maximum atomic E-state index is 6.03. The van der Waals surface area contributed by atoms with Crippen molar-refractivity contribution in [1.29, 1.82) is 0 Å².